The van der Waals surface area contributed by atoms with Crippen LogP contribution in [0.1, 0.15) is 11.4 Å². The Bertz CT molecular complexity index is 936. The smallest absolute Gasteiger partial charge is 0.387 e. The number of alkyl halides is 2. The lowest BCUT2D eigenvalue weighted by atomic mass is 10.1. The lowest BCUT2D eigenvalue weighted by Gasteiger charge is -2.10. The summed E-state index contributed by atoms with van der Waals surface area (Å²) in [5.74, 6) is -1.10. The van der Waals surface area contributed by atoms with Gasteiger partial charge in [-0.15, -0.1) is 0 Å². The average Bonchev–Trinajstić information content (AvgIpc) is 2.48. The highest BCUT2D eigenvalue weighted by Crippen LogP contribution is 2.30. The molecule has 0 bridgehead atoms. The molecule has 0 aliphatic carbocycles. The van der Waals surface area contributed by atoms with Crippen molar-refractivity contribution in [2.75, 3.05) is 0 Å². The zero-order valence-corrected chi connectivity index (χ0v) is 13.3. The molecule has 1 aromatic carbocycles. The fourth-order valence-corrected chi connectivity index (χ4v) is 2.30. The number of benzene rings is 1. The van der Waals surface area contributed by atoms with Crippen LogP contribution in [0.2, 0.25) is 5.28 Å². The SMILES string of the molecule is Cc1nc2nc(Cl)nc(-c3ccc(OC(F)F)cc3F)c2nc1C. The fourth-order valence-electron chi connectivity index (χ4n) is 2.14. The second-order valence-corrected chi connectivity index (χ2v) is 5.27. The Kier molecular flexibility index (Phi) is 4.23. The van der Waals surface area contributed by atoms with Crippen LogP contribution in [0.4, 0.5) is 13.2 Å². The first-order valence-corrected chi connectivity index (χ1v) is 7.16. The molecule has 3 rings (SSSR count). The van der Waals surface area contributed by atoms with E-state index >= 15 is 0 Å². The highest BCUT2D eigenvalue weighted by molar-refractivity contribution is 6.28. The lowest BCUT2D eigenvalue weighted by molar-refractivity contribution is -0.0499. The molecule has 0 saturated carbocycles. The molecule has 9 heteroatoms. The Balaban J connectivity index is 2.20. The summed E-state index contributed by atoms with van der Waals surface area (Å²) in [5.41, 5.74) is 1.94. The van der Waals surface area contributed by atoms with Crippen molar-refractivity contribution in [2.24, 2.45) is 0 Å². The van der Waals surface area contributed by atoms with E-state index in [0.717, 1.165) is 6.07 Å². The lowest BCUT2D eigenvalue weighted by Crippen LogP contribution is -2.03. The minimum atomic E-state index is -3.04. The topological polar surface area (TPSA) is 60.8 Å². The van der Waals surface area contributed by atoms with E-state index in [1.165, 1.54) is 12.1 Å². The van der Waals surface area contributed by atoms with Gasteiger partial charge in [-0.3, -0.25) is 0 Å². The Hall–Kier alpha value is -2.48. The van der Waals surface area contributed by atoms with Crippen LogP contribution < -0.4 is 4.74 Å². The number of hydrogen-bond donors (Lipinski definition) is 0. The molecule has 3 aromatic rings. The molecule has 24 heavy (non-hydrogen) atoms. The molecule has 0 aliphatic heterocycles. The zero-order valence-electron chi connectivity index (χ0n) is 12.5. The molecule has 124 valence electrons. The largest absolute Gasteiger partial charge is 0.435 e. The number of aromatic nitrogens is 4. The van der Waals surface area contributed by atoms with E-state index in [1.54, 1.807) is 13.8 Å². The third kappa shape index (κ3) is 3.09. The number of ether oxygens (including phenoxy) is 1. The van der Waals surface area contributed by atoms with Gasteiger partial charge in [-0.2, -0.15) is 13.8 Å². The van der Waals surface area contributed by atoms with Gasteiger partial charge in [0.15, 0.2) is 5.65 Å². The molecule has 0 radical (unpaired) electrons. The van der Waals surface area contributed by atoms with Gasteiger partial charge in [-0.25, -0.2) is 19.3 Å². The van der Waals surface area contributed by atoms with Crippen LogP contribution in [0, 0.1) is 19.7 Å². The monoisotopic (exact) mass is 354 g/mol. The summed E-state index contributed by atoms with van der Waals surface area (Å²) in [6, 6.07) is 3.32. The molecule has 0 spiro atoms. The van der Waals surface area contributed by atoms with Crippen LogP contribution in [0.15, 0.2) is 18.2 Å². The Morgan fingerprint density at radius 3 is 2.42 bits per heavy atom. The van der Waals surface area contributed by atoms with Crippen LogP contribution in [0.3, 0.4) is 0 Å². The number of aryl methyl sites for hydroxylation is 2. The van der Waals surface area contributed by atoms with Gasteiger partial charge in [0.25, 0.3) is 0 Å². The van der Waals surface area contributed by atoms with Crippen LogP contribution in [-0.2, 0) is 0 Å². The highest BCUT2D eigenvalue weighted by Gasteiger charge is 2.17. The predicted octanol–water partition coefficient (Wildman–Crippen LogP) is 4.10. The third-order valence-corrected chi connectivity index (χ3v) is 3.50. The summed E-state index contributed by atoms with van der Waals surface area (Å²) in [7, 11) is 0. The summed E-state index contributed by atoms with van der Waals surface area (Å²) in [6.07, 6.45) is 0. The third-order valence-electron chi connectivity index (χ3n) is 3.34. The van der Waals surface area contributed by atoms with Gasteiger partial charge >= 0.3 is 6.61 Å². The van der Waals surface area contributed by atoms with E-state index in [9.17, 15) is 13.2 Å². The van der Waals surface area contributed by atoms with Gasteiger partial charge in [0.05, 0.1) is 11.4 Å². The molecule has 0 aliphatic rings. The van der Waals surface area contributed by atoms with Gasteiger partial charge in [0.1, 0.15) is 22.8 Å². The number of fused-ring (bicyclic) bond motifs is 1. The van der Waals surface area contributed by atoms with Gasteiger partial charge in [0.2, 0.25) is 5.28 Å². The average molecular weight is 355 g/mol. The van der Waals surface area contributed by atoms with Crippen molar-refractivity contribution in [1.29, 1.82) is 0 Å². The minimum absolute atomic E-state index is 0.0310. The van der Waals surface area contributed by atoms with E-state index in [2.05, 4.69) is 24.7 Å². The van der Waals surface area contributed by atoms with E-state index in [4.69, 9.17) is 11.6 Å². The van der Waals surface area contributed by atoms with E-state index in [0.29, 0.717) is 11.4 Å². The fraction of sp³-hybridized carbons (Fsp3) is 0.200. The van der Waals surface area contributed by atoms with Gasteiger partial charge in [0, 0.05) is 11.6 Å². The molecule has 2 aromatic heterocycles. The number of rotatable bonds is 3. The van der Waals surface area contributed by atoms with E-state index in [-0.39, 0.29) is 33.5 Å². The quantitative estimate of drug-likeness (QED) is 0.663. The standard InChI is InChI=1S/C15H10ClF3N4O/c1-6-7(2)21-13-12(20-6)11(22-14(16)23-13)9-4-3-8(5-10(9)17)24-15(18)19/h3-5,15H,1-2H3. The van der Waals surface area contributed by atoms with Crippen LogP contribution in [-0.4, -0.2) is 26.5 Å². The van der Waals surface area contributed by atoms with Crippen LogP contribution >= 0.6 is 11.6 Å². The normalized spacial score (nSPS) is 11.3. The molecule has 2 heterocycles. The summed E-state index contributed by atoms with van der Waals surface area (Å²) >= 11 is 5.88. The maximum atomic E-state index is 14.3. The second kappa shape index (κ2) is 6.20. The first-order valence-electron chi connectivity index (χ1n) is 6.78. The molecule has 0 atom stereocenters. The van der Waals surface area contributed by atoms with Crippen molar-refractivity contribution >= 4 is 22.8 Å². The minimum Gasteiger partial charge on any atom is -0.435 e. The first kappa shape index (κ1) is 16.4. The molecule has 0 saturated heterocycles. The van der Waals surface area contributed by atoms with Crippen molar-refractivity contribution in [3.8, 4) is 17.0 Å². The summed E-state index contributed by atoms with van der Waals surface area (Å²) in [4.78, 5) is 16.6. The summed E-state index contributed by atoms with van der Waals surface area (Å²) < 4.78 is 43.0. The number of nitrogens with zero attached hydrogens (tertiary/aromatic N) is 4. The van der Waals surface area contributed by atoms with Gasteiger partial charge in [-0.05, 0) is 37.6 Å². The first-order chi connectivity index (χ1) is 11.3. The maximum Gasteiger partial charge on any atom is 0.387 e. The Labute approximate surface area is 139 Å². The molecule has 5 nitrogen and oxygen atoms in total. The van der Waals surface area contributed by atoms with Crippen molar-refractivity contribution in [2.45, 2.75) is 20.5 Å². The van der Waals surface area contributed by atoms with Gasteiger partial charge in [-0.1, -0.05) is 0 Å². The van der Waals surface area contributed by atoms with Crippen molar-refractivity contribution in [3.05, 3.63) is 40.7 Å². The van der Waals surface area contributed by atoms with Gasteiger partial charge < -0.3 is 4.74 Å². The molecule has 0 fully saturated rings. The summed E-state index contributed by atoms with van der Waals surface area (Å²) in [6.45, 7) is 0.464. The maximum absolute atomic E-state index is 14.3. The van der Waals surface area contributed by atoms with E-state index < -0.39 is 12.4 Å². The zero-order chi connectivity index (χ0) is 17.4. The molecular weight excluding hydrogens is 345 g/mol. The van der Waals surface area contributed by atoms with Crippen LogP contribution in [0.5, 0.6) is 5.75 Å². The number of hydrogen-bond acceptors (Lipinski definition) is 5. The number of halogens is 4. The van der Waals surface area contributed by atoms with Crippen molar-refractivity contribution in [1.82, 2.24) is 19.9 Å². The molecule has 0 unspecified atom stereocenters. The predicted molar refractivity (Wildman–Crippen MR) is 81.6 cm³/mol. The van der Waals surface area contributed by atoms with E-state index in [1.807, 2.05) is 0 Å². The summed E-state index contributed by atoms with van der Waals surface area (Å²) in [5, 5.41) is -0.123. The molecular formula is C15H10ClF3N4O. The molecule has 0 N–H and O–H groups in total. The van der Waals surface area contributed by atoms with Crippen molar-refractivity contribution < 1.29 is 17.9 Å². The van der Waals surface area contributed by atoms with Crippen molar-refractivity contribution in [3.63, 3.8) is 0 Å². The second-order valence-electron chi connectivity index (χ2n) is 4.93. The van der Waals surface area contributed by atoms with Crippen LogP contribution in [0.25, 0.3) is 22.4 Å². The highest BCUT2D eigenvalue weighted by atomic mass is 35.5. The Morgan fingerprint density at radius 1 is 1.04 bits per heavy atom. The Morgan fingerprint density at radius 2 is 1.75 bits per heavy atom. The molecule has 0 amide bonds.